The van der Waals surface area contributed by atoms with E-state index in [1.807, 2.05) is 0 Å². The first-order chi connectivity index (χ1) is 8.93. The molecule has 3 N–H and O–H groups in total. The molecule has 0 aliphatic carbocycles. The summed E-state index contributed by atoms with van der Waals surface area (Å²) in [7, 11) is -4.45. The molecule has 1 unspecified atom stereocenters. The van der Waals surface area contributed by atoms with Crippen LogP contribution in [0.3, 0.4) is 0 Å². The molecule has 0 aromatic heterocycles. The second kappa shape index (κ2) is 10.2. The van der Waals surface area contributed by atoms with Crippen molar-refractivity contribution in [1.29, 1.82) is 0 Å². The zero-order valence-corrected chi connectivity index (χ0v) is 12.3. The van der Waals surface area contributed by atoms with E-state index in [-0.39, 0.29) is 6.42 Å². The van der Waals surface area contributed by atoms with Gasteiger partial charge in [0.15, 0.2) is 5.25 Å². The maximum atomic E-state index is 11.1. The lowest BCUT2D eigenvalue weighted by Crippen LogP contribution is -2.38. The van der Waals surface area contributed by atoms with Gasteiger partial charge in [0, 0.05) is 0 Å². The maximum absolute atomic E-state index is 11.1. The smallest absolute Gasteiger partial charge is 0.277 e. The molecular weight excluding hydrogens is 270 g/mol. The first-order valence-corrected chi connectivity index (χ1v) is 8.34. The summed E-state index contributed by atoms with van der Waals surface area (Å²) in [5.74, 6) is -1.08. The number of hydrogen-bond acceptors (Lipinski definition) is 4. The average Bonchev–Trinajstić information content (AvgIpc) is 2.34. The fourth-order valence-corrected chi connectivity index (χ4v) is 2.74. The number of hydrogen-bond donors (Lipinski definition) is 3. The lowest BCUT2D eigenvalue weighted by atomic mass is 10.1. The van der Waals surface area contributed by atoms with Crippen molar-refractivity contribution in [3.8, 4) is 0 Å². The lowest BCUT2D eigenvalue weighted by molar-refractivity contribution is -0.129. The minimum absolute atomic E-state index is 0.0280. The van der Waals surface area contributed by atoms with Crippen LogP contribution in [-0.2, 0) is 14.9 Å². The first-order valence-electron chi connectivity index (χ1n) is 6.83. The zero-order chi connectivity index (χ0) is 14.7. The second-order valence-corrected chi connectivity index (χ2v) is 6.34. The van der Waals surface area contributed by atoms with Crippen LogP contribution in [0, 0.1) is 0 Å². The molecule has 19 heavy (non-hydrogen) atoms. The molecular formula is C12H25NO5S. The van der Waals surface area contributed by atoms with Crippen LogP contribution in [0.5, 0.6) is 0 Å². The van der Waals surface area contributed by atoms with E-state index in [9.17, 15) is 13.2 Å². The molecule has 6 nitrogen and oxygen atoms in total. The van der Waals surface area contributed by atoms with Crippen LogP contribution in [0.2, 0.25) is 0 Å². The molecule has 0 saturated carbocycles. The van der Waals surface area contributed by atoms with Gasteiger partial charge in [-0.2, -0.15) is 8.42 Å². The number of unbranched alkanes of at least 4 members (excludes halogenated alkanes) is 7. The van der Waals surface area contributed by atoms with Gasteiger partial charge in [-0.1, -0.05) is 58.3 Å². The molecule has 0 aromatic carbocycles. The summed E-state index contributed by atoms with van der Waals surface area (Å²) in [5, 5.41) is 6.84. The number of carbonyl (C=O) groups is 1. The van der Waals surface area contributed by atoms with Crippen LogP contribution in [0.15, 0.2) is 0 Å². The molecule has 7 heteroatoms. The molecule has 0 aromatic rings. The minimum atomic E-state index is -4.45. The van der Waals surface area contributed by atoms with Crippen LogP contribution in [0.1, 0.15) is 64.7 Å². The Morgan fingerprint density at radius 1 is 1.05 bits per heavy atom. The Labute approximate surface area is 115 Å². The van der Waals surface area contributed by atoms with Gasteiger partial charge in [0.05, 0.1) is 0 Å². The normalized spacial score (nSPS) is 13.2. The van der Waals surface area contributed by atoms with Gasteiger partial charge in [-0.25, -0.2) is 5.48 Å². The summed E-state index contributed by atoms with van der Waals surface area (Å²) in [5.41, 5.74) is 1.27. The third kappa shape index (κ3) is 8.96. The van der Waals surface area contributed by atoms with Gasteiger partial charge >= 0.3 is 0 Å². The molecule has 0 spiro atoms. The topological polar surface area (TPSA) is 104 Å². The van der Waals surface area contributed by atoms with Gasteiger partial charge in [-0.15, -0.1) is 0 Å². The summed E-state index contributed by atoms with van der Waals surface area (Å²) >= 11 is 0. The van der Waals surface area contributed by atoms with E-state index in [1.54, 1.807) is 0 Å². The van der Waals surface area contributed by atoms with Crippen molar-refractivity contribution < 1.29 is 23.0 Å². The Hall–Kier alpha value is -0.660. The van der Waals surface area contributed by atoms with E-state index >= 15 is 0 Å². The summed E-state index contributed by atoms with van der Waals surface area (Å²) in [4.78, 5) is 11.1. The SMILES string of the molecule is CCCCCCCCCCC(C(=O)NO)S(=O)(=O)O. The summed E-state index contributed by atoms with van der Waals surface area (Å²) < 4.78 is 30.8. The third-order valence-electron chi connectivity index (χ3n) is 3.08. The van der Waals surface area contributed by atoms with Gasteiger partial charge in [0.2, 0.25) is 0 Å². The van der Waals surface area contributed by atoms with Crippen molar-refractivity contribution in [3.63, 3.8) is 0 Å². The summed E-state index contributed by atoms with van der Waals surface area (Å²) in [6, 6.07) is 0. The Balaban J connectivity index is 3.80. The van der Waals surface area contributed by atoms with Crippen molar-refractivity contribution in [2.45, 2.75) is 70.0 Å². The maximum Gasteiger partial charge on any atom is 0.277 e. The quantitative estimate of drug-likeness (QED) is 0.235. The Bertz CT molecular complexity index is 342. The average molecular weight is 295 g/mol. The van der Waals surface area contributed by atoms with Crippen LogP contribution in [-0.4, -0.2) is 29.3 Å². The van der Waals surface area contributed by atoms with Crippen LogP contribution in [0.4, 0.5) is 0 Å². The van der Waals surface area contributed by atoms with Crippen molar-refractivity contribution in [2.75, 3.05) is 0 Å². The molecule has 0 fully saturated rings. The monoisotopic (exact) mass is 295 g/mol. The number of carbonyl (C=O) groups excluding carboxylic acids is 1. The van der Waals surface area contributed by atoms with E-state index in [1.165, 1.54) is 31.2 Å². The number of nitrogens with one attached hydrogen (secondary N) is 1. The molecule has 0 aliphatic heterocycles. The summed E-state index contributed by atoms with van der Waals surface area (Å²) in [6.45, 7) is 2.15. The largest absolute Gasteiger partial charge is 0.289 e. The second-order valence-electron chi connectivity index (χ2n) is 4.74. The van der Waals surface area contributed by atoms with Crippen molar-refractivity contribution in [1.82, 2.24) is 5.48 Å². The van der Waals surface area contributed by atoms with Gasteiger partial charge in [0.1, 0.15) is 0 Å². The first kappa shape index (κ1) is 18.3. The van der Waals surface area contributed by atoms with Crippen LogP contribution >= 0.6 is 0 Å². The third-order valence-corrected chi connectivity index (χ3v) is 4.25. The van der Waals surface area contributed by atoms with Gasteiger partial charge in [-0.3, -0.25) is 14.6 Å². The fourth-order valence-electron chi connectivity index (χ4n) is 1.95. The standard InChI is InChI=1S/C12H25NO5S/c1-2-3-4-5-6-7-8-9-10-11(12(14)13-15)19(16,17)18/h11,15H,2-10H2,1H3,(H,13,14)(H,16,17,18). The van der Waals surface area contributed by atoms with Gasteiger partial charge in [0.25, 0.3) is 16.0 Å². The molecule has 0 heterocycles. The van der Waals surface area contributed by atoms with E-state index < -0.39 is 21.3 Å². The van der Waals surface area contributed by atoms with Crippen molar-refractivity contribution in [3.05, 3.63) is 0 Å². The Morgan fingerprint density at radius 3 is 1.95 bits per heavy atom. The zero-order valence-electron chi connectivity index (χ0n) is 11.5. The summed E-state index contributed by atoms with van der Waals surface area (Å²) in [6.07, 6.45) is 8.30. The van der Waals surface area contributed by atoms with E-state index in [2.05, 4.69) is 6.92 Å². The van der Waals surface area contributed by atoms with Crippen LogP contribution in [0.25, 0.3) is 0 Å². The highest BCUT2D eigenvalue weighted by molar-refractivity contribution is 7.87. The number of hydroxylamine groups is 1. The molecule has 0 radical (unpaired) electrons. The van der Waals surface area contributed by atoms with E-state index in [0.717, 1.165) is 19.3 Å². The minimum Gasteiger partial charge on any atom is -0.289 e. The Kier molecular flexibility index (Phi) is 9.81. The molecule has 0 saturated heterocycles. The number of rotatable bonds is 11. The molecule has 0 bridgehead atoms. The highest BCUT2D eigenvalue weighted by atomic mass is 32.2. The van der Waals surface area contributed by atoms with Crippen LogP contribution < -0.4 is 5.48 Å². The van der Waals surface area contributed by atoms with Crippen molar-refractivity contribution in [2.24, 2.45) is 0 Å². The molecule has 0 rings (SSSR count). The van der Waals surface area contributed by atoms with E-state index in [4.69, 9.17) is 9.76 Å². The highest BCUT2D eigenvalue weighted by Crippen LogP contribution is 2.13. The molecule has 114 valence electrons. The Morgan fingerprint density at radius 2 is 1.53 bits per heavy atom. The van der Waals surface area contributed by atoms with Gasteiger partial charge < -0.3 is 0 Å². The molecule has 1 atom stereocenters. The fraction of sp³-hybridized carbons (Fsp3) is 0.917. The van der Waals surface area contributed by atoms with Crippen molar-refractivity contribution >= 4 is 16.0 Å². The van der Waals surface area contributed by atoms with E-state index in [0.29, 0.717) is 6.42 Å². The lowest BCUT2D eigenvalue weighted by Gasteiger charge is -2.11. The molecule has 1 amide bonds. The predicted molar refractivity (Wildman–Crippen MR) is 72.5 cm³/mol. The van der Waals surface area contributed by atoms with Gasteiger partial charge in [-0.05, 0) is 6.42 Å². The highest BCUT2D eigenvalue weighted by Gasteiger charge is 2.30. The molecule has 0 aliphatic rings. The predicted octanol–water partition coefficient (Wildman–Crippen LogP) is 2.28. The number of amides is 1.